The lowest BCUT2D eigenvalue weighted by atomic mass is 10.1. The molecule has 6 heteroatoms. The van der Waals surface area contributed by atoms with Gasteiger partial charge in [0.2, 0.25) is 0 Å². The second kappa shape index (κ2) is 6.49. The summed E-state index contributed by atoms with van der Waals surface area (Å²) < 4.78 is 6.56. The Morgan fingerprint density at radius 1 is 1.25 bits per heavy atom. The molecule has 0 saturated heterocycles. The molecule has 0 atom stereocenters. The molecule has 0 radical (unpaired) electrons. The number of aryl methyl sites for hydroxylation is 1. The zero-order valence-electron chi connectivity index (χ0n) is 13.8. The van der Waals surface area contributed by atoms with E-state index >= 15 is 0 Å². The summed E-state index contributed by atoms with van der Waals surface area (Å²) in [5.74, 6) is 0.786. The van der Waals surface area contributed by atoms with Crippen LogP contribution in [-0.4, -0.2) is 16.7 Å². The maximum atomic E-state index is 12.5. The standard InChI is InChI=1S/C18H18N2O3S/c1-4-20-17(21)15-11(2)14(24-16(15)19-18(20)22)10-9-12-7-5-6-8-13(12)23-3/h5-10H,4H2,1-3H3,(H,19,22). The maximum absolute atomic E-state index is 12.5. The van der Waals surface area contributed by atoms with Crippen molar-refractivity contribution in [3.63, 3.8) is 0 Å². The third-order valence-corrected chi connectivity index (χ3v) is 5.15. The number of rotatable bonds is 4. The van der Waals surface area contributed by atoms with Crippen LogP contribution in [0.25, 0.3) is 22.4 Å². The Balaban J connectivity index is 2.13. The largest absolute Gasteiger partial charge is 0.496 e. The highest BCUT2D eigenvalue weighted by Crippen LogP contribution is 2.29. The summed E-state index contributed by atoms with van der Waals surface area (Å²) in [7, 11) is 1.63. The quantitative estimate of drug-likeness (QED) is 0.791. The molecule has 2 heterocycles. The first-order chi connectivity index (χ1) is 11.6. The van der Waals surface area contributed by atoms with Crippen molar-refractivity contribution >= 4 is 33.7 Å². The van der Waals surface area contributed by atoms with E-state index in [-0.39, 0.29) is 11.2 Å². The van der Waals surface area contributed by atoms with Crippen LogP contribution < -0.4 is 16.0 Å². The third kappa shape index (κ3) is 2.69. The third-order valence-electron chi connectivity index (χ3n) is 3.98. The predicted molar refractivity (Wildman–Crippen MR) is 99.0 cm³/mol. The molecule has 0 aliphatic rings. The topological polar surface area (TPSA) is 64.1 Å². The van der Waals surface area contributed by atoms with Gasteiger partial charge in [0, 0.05) is 17.0 Å². The number of para-hydroxylation sites is 1. The first-order valence-electron chi connectivity index (χ1n) is 7.64. The van der Waals surface area contributed by atoms with Crippen molar-refractivity contribution in [1.29, 1.82) is 0 Å². The summed E-state index contributed by atoms with van der Waals surface area (Å²) in [5, 5.41) is 0.584. The van der Waals surface area contributed by atoms with Crippen molar-refractivity contribution < 1.29 is 4.74 Å². The number of benzene rings is 1. The van der Waals surface area contributed by atoms with Gasteiger partial charge in [-0.15, -0.1) is 11.3 Å². The Morgan fingerprint density at radius 3 is 2.71 bits per heavy atom. The lowest BCUT2D eigenvalue weighted by molar-refractivity contribution is 0.414. The van der Waals surface area contributed by atoms with Crippen LogP contribution in [-0.2, 0) is 6.54 Å². The molecule has 24 heavy (non-hydrogen) atoms. The molecule has 0 aliphatic carbocycles. The molecular weight excluding hydrogens is 324 g/mol. The van der Waals surface area contributed by atoms with Gasteiger partial charge >= 0.3 is 5.69 Å². The summed E-state index contributed by atoms with van der Waals surface area (Å²) in [6, 6.07) is 7.72. The minimum Gasteiger partial charge on any atom is -0.496 e. The van der Waals surface area contributed by atoms with Gasteiger partial charge in [-0.25, -0.2) is 4.79 Å². The second-order valence-corrected chi connectivity index (χ2v) is 6.40. The van der Waals surface area contributed by atoms with Crippen molar-refractivity contribution in [2.45, 2.75) is 20.4 Å². The first kappa shape index (κ1) is 16.3. The molecule has 0 spiro atoms. The van der Waals surface area contributed by atoms with Gasteiger partial charge in [-0.3, -0.25) is 14.3 Å². The molecule has 2 aromatic heterocycles. The fraction of sp³-hybridized carbons (Fsp3) is 0.222. The SMILES string of the molecule is CCn1c(=O)[nH]c2sc(C=Cc3ccccc3OC)c(C)c2c1=O. The van der Waals surface area contributed by atoms with Crippen LogP contribution in [0.3, 0.4) is 0 Å². The van der Waals surface area contributed by atoms with Crippen LogP contribution in [0, 0.1) is 6.92 Å². The Bertz CT molecular complexity index is 1040. The fourth-order valence-corrected chi connectivity index (χ4v) is 3.78. The molecule has 0 amide bonds. The molecule has 3 aromatic rings. The number of hydrogen-bond acceptors (Lipinski definition) is 4. The summed E-state index contributed by atoms with van der Waals surface area (Å²) in [6.07, 6.45) is 3.90. The number of aromatic nitrogens is 2. The molecule has 0 unspecified atom stereocenters. The average Bonchev–Trinajstić information content (AvgIpc) is 2.89. The molecule has 5 nitrogen and oxygen atoms in total. The zero-order chi connectivity index (χ0) is 17.3. The molecule has 3 rings (SSSR count). The number of aromatic amines is 1. The average molecular weight is 342 g/mol. The van der Waals surface area contributed by atoms with E-state index in [1.54, 1.807) is 14.0 Å². The molecular formula is C18H18N2O3S. The van der Waals surface area contributed by atoms with E-state index in [1.165, 1.54) is 15.9 Å². The normalized spacial score (nSPS) is 11.5. The molecule has 0 fully saturated rings. The highest BCUT2D eigenvalue weighted by atomic mass is 32.1. The Labute approximate surface area is 142 Å². The van der Waals surface area contributed by atoms with E-state index < -0.39 is 0 Å². The number of nitrogens with zero attached hydrogens (tertiary/aromatic N) is 1. The number of fused-ring (bicyclic) bond motifs is 1. The van der Waals surface area contributed by atoms with Crippen LogP contribution in [0.2, 0.25) is 0 Å². The maximum Gasteiger partial charge on any atom is 0.329 e. The fourth-order valence-electron chi connectivity index (χ4n) is 2.68. The van der Waals surface area contributed by atoms with Crippen LogP contribution in [0.1, 0.15) is 22.9 Å². The minimum atomic E-state index is -0.364. The van der Waals surface area contributed by atoms with E-state index in [9.17, 15) is 9.59 Å². The van der Waals surface area contributed by atoms with Crippen LogP contribution in [0.5, 0.6) is 5.75 Å². The summed E-state index contributed by atoms with van der Waals surface area (Å²) in [5.41, 5.74) is 1.24. The van der Waals surface area contributed by atoms with E-state index in [4.69, 9.17) is 4.74 Å². The highest BCUT2D eigenvalue weighted by Gasteiger charge is 2.14. The molecule has 0 aliphatic heterocycles. The van der Waals surface area contributed by atoms with Gasteiger partial charge in [-0.2, -0.15) is 0 Å². The number of thiophene rings is 1. The van der Waals surface area contributed by atoms with Crippen molar-refractivity contribution in [3.05, 3.63) is 61.1 Å². The molecule has 0 bridgehead atoms. The van der Waals surface area contributed by atoms with Gasteiger partial charge in [0.05, 0.1) is 12.5 Å². The zero-order valence-corrected chi connectivity index (χ0v) is 14.6. The van der Waals surface area contributed by atoms with Gasteiger partial charge in [0.25, 0.3) is 5.56 Å². The monoisotopic (exact) mass is 342 g/mol. The minimum absolute atomic E-state index is 0.234. The highest BCUT2D eigenvalue weighted by molar-refractivity contribution is 7.19. The van der Waals surface area contributed by atoms with Gasteiger partial charge in [0.1, 0.15) is 10.6 Å². The summed E-state index contributed by atoms with van der Waals surface area (Å²) in [4.78, 5) is 28.8. The van der Waals surface area contributed by atoms with Crippen LogP contribution in [0.15, 0.2) is 33.9 Å². The van der Waals surface area contributed by atoms with Crippen molar-refractivity contribution in [3.8, 4) is 5.75 Å². The van der Waals surface area contributed by atoms with Gasteiger partial charge in [-0.1, -0.05) is 18.2 Å². The van der Waals surface area contributed by atoms with E-state index in [0.717, 1.165) is 21.8 Å². The predicted octanol–water partition coefficient (Wildman–Crippen LogP) is 3.26. The van der Waals surface area contributed by atoms with E-state index in [0.29, 0.717) is 16.8 Å². The summed E-state index contributed by atoms with van der Waals surface area (Å²) >= 11 is 1.41. The van der Waals surface area contributed by atoms with Gasteiger partial charge in [0.15, 0.2) is 0 Å². The number of ether oxygens (including phenoxy) is 1. The molecule has 1 N–H and O–H groups in total. The number of methoxy groups -OCH3 is 1. The summed E-state index contributed by atoms with van der Waals surface area (Å²) in [6.45, 7) is 4.04. The van der Waals surface area contributed by atoms with E-state index in [1.807, 2.05) is 43.3 Å². The molecule has 0 saturated carbocycles. The van der Waals surface area contributed by atoms with Crippen molar-refractivity contribution in [1.82, 2.24) is 9.55 Å². The van der Waals surface area contributed by atoms with E-state index in [2.05, 4.69) is 4.98 Å². The van der Waals surface area contributed by atoms with Gasteiger partial charge in [-0.05, 0) is 37.6 Å². The number of hydrogen-bond donors (Lipinski definition) is 1. The first-order valence-corrected chi connectivity index (χ1v) is 8.45. The lowest BCUT2D eigenvalue weighted by Gasteiger charge is -2.03. The molecule has 1 aromatic carbocycles. The lowest BCUT2D eigenvalue weighted by Crippen LogP contribution is -2.34. The second-order valence-electron chi connectivity index (χ2n) is 5.35. The van der Waals surface area contributed by atoms with Crippen LogP contribution in [0.4, 0.5) is 0 Å². The number of H-pyrrole nitrogens is 1. The van der Waals surface area contributed by atoms with Crippen molar-refractivity contribution in [2.75, 3.05) is 7.11 Å². The van der Waals surface area contributed by atoms with Crippen LogP contribution >= 0.6 is 11.3 Å². The molecule has 124 valence electrons. The number of nitrogens with one attached hydrogen (secondary N) is 1. The Kier molecular flexibility index (Phi) is 4.40. The van der Waals surface area contributed by atoms with Gasteiger partial charge < -0.3 is 4.74 Å². The smallest absolute Gasteiger partial charge is 0.329 e. The van der Waals surface area contributed by atoms with Crippen molar-refractivity contribution in [2.24, 2.45) is 0 Å². The Hall–Kier alpha value is -2.60. The Morgan fingerprint density at radius 2 is 2.00 bits per heavy atom.